The molecule has 3 amide bonds. The molecule has 11 heteroatoms. The van der Waals surface area contributed by atoms with Crippen LogP contribution in [0.2, 0.25) is 5.02 Å². The van der Waals surface area contributed by atoms with Crippen LogP contribution in [0, 0.1) is 6.92 Å². The molecule has 10 nitrogen and oxygen atoms in total. The Kier molecular flexibility index (Phi) is 10.1. The minimum atomic E-state index is -0.942. The number of hydrogen-bond donors (Lipinski definition) is 3. The van der Waals surface area contributed by atoms with Crippen molar-refractivity contribution in [2.24, 2.45) is 5.10 Å². The fourth-order valence-corrected chi connectivity index (χ4v) is 3.32. The highest BCUT2D eigenvalue weighted by Crippen LogP contribution is 2.28. The molecule has 3 rings (SSSR count). The minimum absolute atomic E-state index is 0.251. The lowest BCUT2D eigenvalue weighted by molar-refractivity contribution is -0.136. The van der Waals surface area contributed by atoms with Crippen LogP contribution >= 0.6 is 11.6 Å². The van der Waals surface area contributed by atoms with Gasteiger partial charge in [0.1, 0.15) is 5.75 Å². The largest absolute Gasteiger partial charge is 0.497 e. The first-order valence-corrected chi connectivity index (χ1v) is 11.9. The monoisotopic (exact) mass is 538 g/mol. The van der Waals surface area contributed by atoms with Crippen LogP contribution < -0.4 is 30.3 Å². The van der Waals surface area contributed by atoms with Gasteiger partial charge in [0, 0.05) is 16.4 Å². The SMILES string of the molecule is CCOc1cc(/C=N\NC(=O)C(=O)Nc2ccc(OC)cc2)ccc1OCC(=O)Nc1cccc(Cl)c1C. The predicted molar refractivity (Wildman–Crippen MR) is 145 cm³/mol. The number of nitrogens with one attached hydrogen (secondary N) is 3. The molecule has 0 heterocycles. The van der Waals surface area contributed by atoms with Gasteiger partial charge in [-0.25, -0.2) is 5.43 Å². The summed E-state index contributed by atoms with van der Waals surface area (Å²) in [5.41, 5.74) is 4.53. The zero-order chi connectivity index (χ0) is 27.5. The van der Waals surface area contributed by atoms with Crippen LogP contribution in [0.1, 0.15) is 18.1 Å². The maximum absolute atomic E-state index is 12.4. The van der Waals surface area contributed by atoms with Gasteiger partial charge >= 0.3 is 11.8 Å². The number of ether oxygens (including phenoxy) is 3. The van der Waals surface area contributed by atoms with Gasteiger partial charge in [0.05, 0.1) is 19.9 Å². The number of rotatable bonds is 10. The molecule has 0 spiro atoms. The lowest BCUT2D eigenvalue weighted by Crippen LogP contribution is -2.32. The second-order valence-electron chi connectivity index (χ2n) is 7.77. The van der Waals surface area contributed by atoms with Crippen LogP contribution in [0.5, 0.6) is 17.2 Å². The Hall–Kier alpha value is -4.57. The zero-order valence-corrected chi connectivity index (χ0v) is 21.8. The summed E-state index contributed by atoms with van der Waals surface area (Å²) in [5.74, 6) is -0.827. The predicted octanol–water partition coefficient (Wildman–Crippen LogP) is 4.16. The van der Waals surface area contributed by atoms with Gasteiger partial charge in [0.2, 0.25) is 0 Å². The lowest BCUT2D eigenvalue weighted by Gasteiger charge is -2.13. The molecule has 0 aliphatic carbocycles. The third-order valence-corrected chi connectivity index (χ3v) is 5.51. The summed E-state index contributed by atoms with van der Waals surface area (Å²) in [5, 5.41) is 9.60. The first-order valence-electron chi connectivity index (χ1n) is 11.5. The Morgan fingerprint density at radius 1 is 0.947 bits per heavy atom. The molecule has 0 fully saturated rings. The van der Waals surface area contributed by atoms with Gasteiger partial charge in [-0.1, -0.05) is 17.7 Å². The Morgan fingerprint density at radius 2 is 1.71 bits per heavy atom. The van der Waals surface area contributed by atoms with Crippen molar-refractivity contribution in [3.05, 3.63) is 76.8 Å². The Bertz CT molecular complexity index is 1330. The van der Waals surface area contributed by atoms with Crippen molar-refractivity contribution >= 4 is 46.9 Å². The maximum Gasteiger partial charge on any atom is 0.329 e. The number of methoxy groups -OCH3 is 1. The fourth-order valence-electron chi connectivity index (χ4n) is 3.14. The minimum Gasteiger partial charge on any atom is -0.497 e. The number of anilines is 2. The summed E-state index contributed by atoms with van der Waals surface area (Å²) in [6.45, 7) is 3.72. The molecule has 0 radical (unpaired) electrons. The number of amides is 3. The Labute approximate surface area is 224 Å². The van der Waals surface area contributed by atoms with Crippen LogP contribution in [-0.4, -0.2) is 44.3 Å². The van der Waals surface area contributed by atoms with Crippen molar-refractivity contribution < 1.29 is 28.6 Å². The van der Waals surface area contributed by atoms with E-state index in [1.165, 1.54) is 13.3 Å². The van der Waals surface area contributed by atoms with Crippen molar-refractivity contribution in [3.8, 4) is 17.2 Å². The number of hydrazone groups is 1. The number of nitrogens with zero attached hydrogens (tertiary/aromatic N) is 1. The number of carbonyl (C=O) groups is 3. The second-order valence-corrected chi connectivity index (χ2v) is 8.18. The average molecular weight is 539 g/mol. The number of halogens is 1. The van der Waals surface area contributed by atoms with E-state index in [9.17, 15) is 14.4 Å². The first kappa shape index (κ1) is 28.0. The van der Waals surface area contributed by atoms with E-state index >= 15 is 0 Å². The van der Waals surface area contributed by atoms with Gasteiger partial charge in [-0.15, -0.1) is 0 Å². The van der Waals surface area contributed by atoms with E-state index in [1.807, 2.05) is 6.92 Å². The van der Waals surface area contributed by atoms with Crippen molar-refractivity contribution in [1.29, 1.82) is 0 Å². The van der Waals surface area contributed by atoms with E-state index < -0.39 is 11.8 Å². The summed E-state index contributed by atoms with van der Waals surface area (Å²) >= 11 is 6.10. The van der Waals surface area contributed by atoms with E-state index in [0.29, 0.717) is 45.8 Å². The first-order chi connectivity index (χ1) is 18.3. The summed E-state index contributed by atoms with van der Waals surface area (Å²) < 4.78 is 16.3. The van der Waals surface area contributed by atoms with Gasteiger partial charge in [0.15, 0.2) is 18.1 Å². The highest BCUT2D eigenvalue weighted by atomic mass is 35.5. The average Bonchev–Trinajstić information content (AvgIpc) is 2.91. The van der Waals surface area contributed by atoms with Gasteiger partial charge in [-0.2, -0.15) is 5.10 Å². The van der Waals surface area contributed by atoms with Crippen molar-refractivity contribution in [3.63, 3.8) is 0 Å². The molecule has 198 valence electrons. The van der Waals surface area contributed by atoms with Crippen LogP contribution in [0.3, 0.4) is 0 Å². The maximum atomic E-state index is 12.4. The van der Waals surface area contributed by atoms with Gasteiger partial charge < -0.3 is 24.8 Å². The van der Waals surface area contributed by atoms with Crippen LogP contribution in [0.25, 0.3) is 0 Å². The fraction of sp³-hybridized carbons (Fsp3) is 0.185. The van der Waals surface area contributed by atoms with E-state index in [-0.39, 0.29) is 12.5 Å². The highest BCUT2D eigenvalue weighted by molar-refractivity contribution is 6.39. The third-order valence-electron chi connectivity index (χ3n) is 5.10. The molecule has 0 saturated heterocycles. The van der Waals surface area contributed by atoms with Crippen LogP contribution in [0.15, 0.2) is 65.8 Å². The molecule has 0 aliphatic rings. The second kappa shape index (κ2) is 13.7. The normalized spacial score (nSPS) is 10.5. The van der Waals surface area contributed by atoms with E-state index in [0.717, 1.165) is 5.56 Å². The van der Waals surface area contributed by atoms with Crippen molar-refractivity contribution in [2.45, 2.75) is 13.8 Å². The molecule has 0 aromatic heterocycles. The molecule has 0 saturated carbocycles. The van der Waals surface area contributed by atoms with E-state index in [2.05, 4.69) is 21.2 Å². The molecular formula is C27H27ClN4O6. The van der Waals surface area contributed by atoms with Crippen LogP contribution in [-0.2, 0) is 14.4 Å². The highest BCUT2D eigenvalue weighted by Gasteiger charge is 2.14. The number of hydrogen-bond acceptors (Lipinski definition) is 7. The third kappa shape index (κ3) is 7.97. The Balaban J connectivity index is 1.56. The molecular weight excluding hydrogens is 512 g/mol. The van der Waals surface area contributed by atoms with Crippen LogP contribution in [0.4, 0.5) is 11.4 Å². The van der Waals surface area contributed by atoms with Gasteiger partial charge in [-0.05, 0) is 79.6 Å². The summed E-state index contributed by atoms with van der Waals surface area (Å²) in [6.07, 6.45) is 1.35. The smallest absolute Gasteiger partial charge is 0.329 e. The van der Waals surface area contributed by atoms with E-state index in [1.54, 1.807) is 67.6 Å². The summed E-state index contributed by atoms with van der Waals surface area (Å²) in [4.78, 5) is 36.5. The molecule has 0 bridgehead atoms. The zero-order valence-electron chi connectivity index (χ0n) is 21.0. The quantitative estimate of drug-likeness (QED) is 0.202. The number of carbonyl (C=O) groups excluding carboxylic acids is 3. The van der Waals surface area contributed by atoms with Crippen molar-refractivity contribution in [2.75, 3.05) is 31.0 Å². The molecule has 3 N–H and O–H groups in total. The number of benzene rings is 3. The molecule has 0 atom stereocenters. The standard InChI is InChI=1S/C27H27ClN4O6/c1-4-37-24-14-18(15-29-32-27(35)26(34)30-19-9-11-20(36-3)12-10-19)8-13-23(24)38-16-25(33)31-22-7-5-6-21(28)17(22)2/h5-15H,4,16H2,1-3H3,(H,30,34)(H,31,33)(H,32,35)/b29-15-. The Morgan fingerprint density at radius 3 is 2.42 bits per heavy atom. The van der Waals surface area contributed by atoms with Crippen molar-refractivity contribution in [1.82, 2.24) is 5.43 Å². The van der Waals surface area contributed by atoms with E-state index in [4.69, 9.17) is 25.8 Å². The lowest BCUT2D eigenvalue weighted by atomic mass is 10.2. The summed E-state index contributed by atoms with van der Waals surface area (Å²) in [6, 6.07) is 16.7. The molecule has 38 heavy (non-hydrogen) atoms. The molecule has 3 aromatic rings. The van der Waals surface area contributed by atoms with Gasteiger partial charge in [-0.3, -0.25) is 14.4 Å². The van der Waals surface area contributed by atoms with Gasteiger partial charge in [0.25, 0.3) is 5.91 Å². The molecule has 3 aromatic carbocycles. The molecule has 0 unspecified atom stereocenters. The molecule has 0 aliphatic heterocycles. The topological polar surface area (TPSA) is 127 Å². The summed E-state index contributed by atoms with van der Waals surface area (Å²) in [7, 11) is 1.53.